The zero-order valence-electron chi connectivity index (χ0n) is 30.4. The van der Waals surface area contributed by atoms with Crippen molar-refractivity contribution in [2.24, 2.45) is 5.92 Å². The highest BCUT2D eigenvalue weighted by Crippen LogP contribution is 2.01. The van der Waals surface area contributed by atoms with Crippen molar-refractivity contribution in [1.82, 2.24) is 0 Å². The van der Waals surface area contributed by atoms with Crippen LogP contribution in [0.2, 0.25) is 0 Å². The molecule has 1 aromatic carbocycles. The zero-order valence-corrected chi connectivity index (χ0v) is 30.4. The van der Waals surface area contributed by atoms with Crippen molar-refractivity contribution in [2.45, 2.75) is 26.9 Å². The lowest BCUT2D eigenvalue weighted by Gasteiger charge is -2.10. The molecule has 1 rings (SSSR count). The van der Waals surface area contributed by atoms with E-state index in [2.05, 4.69) is 13.8 Å². The van der Waals surface area contributed by atoms with Crippen LogP contribution in [0.1, 0.15) is 25.8 Å². The molecule has 13 nitrogen and oxygen atoms in total. The van der Waals surface area contributed by atoms with Gasteiger partial charge in [0, 0.05) is 6.61 Å². The second kappa shape index (κ2) is 39.5. The lowest BCUT2D eigenvalue weighted by Crippen LogP contribution is -2.15. The third kappa shape index (κ3) is 36.3. The van der Waals surface area contributed by atoms with Crippen molar-refractivity contribution in [3.63, 3.8) is 0 Å². The van der Waals surface area contributed by atoms with Gasteiger partial charge in [0.2, 0.25) is 0 Å². The van der Waals surface area contributed by atoms with Gasteiger partial charge in [-0.2, -0.15) is 0 Å². The Bertz CT molecular complexity index is 747. The molecule has 13 heteroatoms. The molecule has 0 saturated heterocycles. The van der Waals surface area contributed by atoms with E-state index in [1.807, 2.05) is 30.3 Å². The summed E-state index contributed by atoms with van der Waals surface area (Å²) in [5.41, 5.74) is 1.16. The molecule has 0 bridgehead atoms. The molecule has 0 fully saturated rings. The summed E-state index contributed by atoms with van der Waals surface area (Å²) in [4.78, 5) is 0. The van der Waals surface area contributed by atoms with E-state index in [0.29, 0.717) is 171 Å². The fourth-order valence-electron chi connectivity index (χ4n) is 3.70. The molecule has 49 heavy (non-hydrogen) atoms. The maximum Gasteiger partial charge on any atom is 0.0718 e. The molecule has 0 spiro atoms. The van der Waals surface area contributed by atoms with Crippen molar-refractivity contribution in [1.29, 1.82) is 0 Å². The molecule has 0 aliphatic carbocycles. The van der Waals surface area contributed by atoms with Gasteiger partial charge < -0.3 is 61.6 Å². The van der Waals surface area contributed by atoms with Gasteiger partial charge in [-0.05, 0) is 11.5 Å². The first-order chi connectivity index (χ1) is 24.3. The summed E-state index contributed by atoms with van der Waals surface area (Å²) in [5, 5.41) is 0. The Morgan fingerprint density at radius 2 is 0.592 bits per heavy atom. The summed E-state index contributed by atoms with van der Waals surface area (Å²) < 4.78 is 71.5. The average Bonchev–Trinajstić information content (AvgIpc) is 3.12. The van der Waals surface area contributed by atoms with E-state index in [-0.39, 0.29) is 0 Å². The molecule has 1 atom stereocenters. The van der Waals surface area contributed by atoms with Gasteiger partial charge in [-0.1, -0.05) is 50.6 Å². The van der Waals surface area contributed by atoms with Gasteiger partial charge in [-0.15, -0.1) is 0 Å². The monoisotopic (exact) mass is 706 g/mol. The van der Waals surface area contributed by atoms with E-state index < -0.39 is 0 Å². The number of hydrogen-bond donors (Lipinski definition) is 0. The van der Waals surface area contributed by atoms with Gasteiger partial charge in [-0.3, -0.25) is 0 Å². The molecule has 0 N–H and O–H groups in total. The maximum atomic E-state index is 5.57. The van der Waals surface area contributed by atoms with Gasteiger partial charge in [0.1, 0.15) is 0 Å². The minimum absolute atomic E-state index is 0.512. The van der Waals surface area contributed by atoms with Crippen LogP contribution >= 0.6 is 0 Å². The molecule has 0 heterocycles. The highest BCUT2D eigenvalue weighted by molar-refractivity contribution is 5.13. The van der Waals surface area contributed by atoms with E-state index in [0.717, 1.165) is 18.6 Å². The van der Waals surface area contributed by atoms with Crippen molar-refractivity contribution < 1.29 is 61.6 Å². The van der Waals surface area contributed by atoms with Gasteiger partial charge in [-0.25, -0.2) is 0 Å². The molecule has 0 radical (unpaired) electrons. The van der Waals surface area contributed by atoms with Crippen molar-refractivity contribution in [3.05, 3.63) is 35.9 Å². The van der Waals surface area contributed by atoms with E-state index in [9.17, 15) is 0 Å². The zero-order chi connectivity index (χ0) is 35.0. The van der Waals surface area contributed by atoms with E-state index >= 15 is 0 Å². The number of ether oxygens (including phenoxy) is 13. The van der Waals surface area contributed by atoms with Crippen LogP contribution in [0.3, 0.4) is 0 Å². The highest BCUT2D eigenvalue weighted by atomic mass is 16.6. The fourth-order valence-corrected chi connectivity index (χ4v) is 3.70. The third-order valence-corrected chi connectivity index (χ3v) is 6.67. The summed E-state index contributed by atoms with van der Waals surface area (Å²) in [6.07, 6.45) is 1.13. The van der Waals surface area contributed by atoms with Gasteiger partial charge in [0.25, 0.3) is 0 Å². The number of rotatable bonds is 41. The molecule has 1 unspecified atom stereocenters. The molecule has 1 aromatic rings. The standard InChI is InChI=1S/C36H66O13/c1-3-35(2)33-48-31-29-46-27-25-44-23-21-42-19-17-40-15-13-38-11-9-37-10-12-39-14-16-41-18-20-43-22-24-45-26-28-47-30-32-49-34-36-7-5-4-6-8-36/h4-8,35H,3,9-34H2,1-2H3. The minimum atomic E-state index is 0.512. The van der Waals surface area contributed by atoms with E-state index in [1.54, 1.807) is 0 Å². The van der Waals surface area contributed by atoms with Gasteiger partial charge in [0.15, 0.2) is 0 Å². The summed E-state index contributed by atoms with van der Waals surface area (Å²) in [6.45, 7) is 18.5. The van der Waals surface area contributed by atoms with E-state index in [4.69, 9.17) is 61.6 Å². The quantitative estimate of drug-likeness (QED) is 0.0926. The SMILES string of the molecule is CCC(C)COCCOCCOCCOCCOCCOCCOCCOCCOCCOCCOCCOCCOCc1ccccc1. The molecular formula is C36H66O13. The van der Waals surface area contributed by atoms with Crippen LogP contribution in [0.4, 0.5) is 0 Å². The lowest BCUT2D eigenvalue weighted by atomic mass is 10.1. The Balaban J connectivity index is 1.61. The molecular weight excluding hydrogens is 640 g/mol. The number of hydrogen-bond acceptors (Lipinski definition) is 13. The van der Waals surface area contributed by atoms with Gasteiger partial charge >= 0.3 is 0 Å². The summed E-state index contributed by atoms with van der Waals surface area (Å²) in [6, 6.07) is 10.1. The first-order valence-electron chi connectivity index (χ1n) is 17.9. The Kier molecular flexibility index (Phi) is 36.8. The molecule has 0 amide bonds. The van der Waals surface area contributed by atoms with E-state index in [1.165, 1.54) is 0 Å². The van der Waals surface area contributed by atoms with Crippen LogP contribution < -0.4 is 0 Å². The van der Waals surface area contributed by atoms with Crippen LogP contribution in [0.5, 0.6) is 0 Å². The lowest BCUT2D eigenvalue weighted by molar-refractivity contribution is -0.0293. The largest absolute Gasteiger partial charge is 0.379 e. The van der Waals surface area contributed by atoms with Crippen molar-refractivity contribution >= 4 is 0 Å². The Morgan fingerprint density at radius 3 is 0.857 bits per heavy atom. The first kappa shape index (κ1) is 45.7. The fraction of sp³-hybridized carbons (Fsp3) is 0.833. The highest BCUT2D eigenvalue weighted by Gasteiger charge is 1.99. The summed E-state index contributed by atoms with van der Waals surface area (Å²) >= 11 is 0. The average molecular weight is 707 g/mol. The molecule has 0 aliphatic rings. The molecule has 0 aromatic heterocycles. The Morgan fingerprint density at radius 1 is 0.347 bits per heavy atom. The molecule has 0 aliphatic heterocycles. The second-order valence-corrected chi connectivity index (χ2v) is 10.9. The Hall–Kier alpha value is -1.30. The predicted molar refractivity (Wildman–Crippen MR) is 185 cm³/mol. The summed E-state index contributed by atoms with van der Waals surface area (Å²) in [5.74, 6) is 0.596. The maximum absolute atomic E-state index is 5.57. The van der Waals surface area contributed by atoms with Crippen molar-refractivity contribution in [3.8, 4) is 0 Å². The van der Waals surface area contributed by atoms with Crippen LogP contribution in [0.15, 0.2) is 30.3 Å². The van der Waals surface area contributed by atoms with Crippen LogP contribution in [-0.4, -0.2) is 165 Å². The Labute approximate surface area is 295 Å². The third-order valence-electron chi connectivity index (χ3n) is 6.67. The van der Waals surface area contributed by atoms with Crippen LogP contribution in [-0.2, 0) is 68.2 Å². The smallest absolute Gasteiger partial charge is 0.0718 e. The molecule has 288 valence electrons. The van der Waals surface area contributed by atoms with Gasteiger partial charge in [0.05, 0.1) is 165 Å². The normalized spacial score (nSPS) is 12.2. The minimum Gasteiger partial charge on any atom is -0.379 e. The number of benzene rings is 1. The van der Waals surface area contributed by atoms with Crippen LogP contribution in [0.25, 0.3) is 0 Å². The predicted octanol–water partition coefficient (Wildman–Crippen LogP) is 3.45. The molecule has 0 saturated carbocycles. The van der Waals surface area contributed by atoms with Crippen LogP contribution in [0, 0.1) is 5.92 Å². The van der Waals surface area contributed by atoms with Crippen molar-refractivity contribution in [2.75, 3.05) is 165 Å². The summed E-state index contributed by atoms with van der Waals surface area (Å²) in [7, 11) is 0. The first-order valence-corrected chi connectivity index (χ1v) is 17.9. The topological polar surface area (TPSA) is 120 Å². The second-order valence-electron chi connectivity index (χ2n) is 10.9.